The summed E-state index contributed by atoms with van der Waals surface area (Å²) in [5.74, 6) is -1.80. The summed E-state index contributed by atoms with van der Waals surface area (Å²) in [5, 5.41) is 32.0. The predicted octanol–water partition coefficient (Wildman–Crippen LogP) is 1.63. The molecule has 36 heavy (non-hydrogen) atoms. The van der Waals surface area contributed by atoms with E-state index in [2.05, 4.69) is 5.32 Å². The molecule has 3 amide bonds. The van der Waals surface area contributed by atoms with Gasteiger partial charge in [-0.25, -0.2) is 4.39 Å². The van der Waals surface area contributed by atoms with E-state index in [9.17, 15) is 34.1 Å². The third-order valence-corrected chi connectivity index (χ3v) is 7.80. The molecule has 2 aliphatic heterocycles. The van der Waals surface area contributed by atoms with Crippen molar-refractivity contribution >= 4 is 17.7 Å². The second-order valence-corrected chi connectivity index (χ2v) is 10.4. The Hall–Kier alpha value is -2.88. The second-order valence-electron chi connectivity index (χ2n) is 10.4. The van der Waals surface area contributed by atoms with Crippen molar-refractivity contribution in [3.05, 3.63) is 23.8 Å². The van der Waals surface area contributed by atoms with Crippen LogP contribution in [0.15, 0.2) is 18.2 Å². The van der Waals surface area contributed by atoms with Crippen LogP contribution in [0, 0.1) is 5.92 Å². The molecule has 0 spiro atoms. The standard InChI is InChI=1S/C26H36FN3O6/c1-15(28-24(34)23(33)12-16-8-9-21(31)22(32)11-16)25(35)30-19-7-3-2-5-17(19)13-20(30)26(36)29-10-4-6-18(27)14-29/h8-9,11,15,17-20,23,31-33H,2-7,10,12-14H2,1H3,(H,28,34). The SMILES string of the molecule is CC(NC(=O)C(O)Cc1ccc(O)c(O)c1)C(=O)N1C(C(=O)N2CCCC(F)C2)CC2CCCCC21. The highest BCUT2D eigenvalue weighted by atomic mass is 19.1. The van der Waals surface area contributed by atoms with Crippen molar-refractivity contribution in [2.45, 2.75) is 88.7 Å². The van der Waals surface area contributed by atoms with Crippen LogP contribution in [0.3, 0.4) is 0 Å². The van der Waals surface area contributed by atoms with Crippen LogP contribution in [0.5, 0.6) is 11.5 Å². The first kappa shape index (κ1) is 26.2. The molecule has 10 heteroatoms. The molecule has 0 aromatic heterocycles. The molecule has 4 rings (SSSR count). The third-order valence-electron chi connectivity index (χ3n) is 7.80. The normalized spacial score (nSPS) is 27.8. The number of aliphatic hydroxyl groups excluding tert-OH is 1. The number of hydrogen-bond donors (Lipinski definition) is 4. The third kappa shape index (κ3) is 5.58. The van der Waals surface area contributed by atoms with Gasteiger partial charge in [0.05, 0.1) is 6.54 Å². The zero-order chi connectivity index (χ0) is 26.0. The molecule has 6 atom stereocenters. The number of hydrogen-bond acceptors (Lipinski definition) is 6. The number of amides is 3. The Balaban J connectivity index is 1.43. The van der Waals surface area contributed by atoms with Crippen LogP contribution in [0.25, 0.3) is 0 Å². The second kappa shape index (κ2) is 11.0. The van der Waals surface area contributed by atoms with Crippen molar-refractivity contribution in [1.82, 2.24) is 15.1 Å². The zero-order valence-corrected chi connectivity index (χ0v) is 20.6. The molecule has 0 bridgehead atoms. The summed E-state index contributed by atoms with van der Waals surface area (Å²) in [4.78, 5) is 42.8. The van der Waals surface area contributed by atoms with Crippen molar-refractivity contribution in [2.75, 3.05) is 13.1 Å². The number of halogens is 1. The highest BCUT2D eigenvalue weighted by molar-refractivity contribution is 5.93. The monoisotopic (exact) mass is 505 g/mol. The van der Waals surface area contributed by atoms with Crippen LogP contribution in [-0.4, -0.2) is 86.3 Å². The number of rotatable bonds is 6. The largest absolute Gasteiger partial charge is 0.504 e. The van der Waals surface area contributed by atoms with Crippen LogP contribution >= 0.6 is 0 Å². The molecule has 0 radical (unpaired) electrons. The summed E-state index contributed by atoms with van der Waals surface area (Å²) in [6.07, 6.45) is 2.69. The minimum atomic E-state index is -1.47. The number of carbonyl (C=O) groups is 3. The Labute approximate surface area is 210 Å². The van der Waals surface area contributed by atoms with Crippen molar-refractivity contribution < 1.29 is 34.1 Å². The fraction of sp³-hybridized carbons (Fsp3) is 0.654. The van der Waals surface area contributed by atoms with Gasteiger partial charge in [-0.15, -0.1) is 0 Å². The van der Waals surface area contributed by atoms with Crippen LogP contribution in [-0.2, 0) is 20.8 Å². The van der Waals surface area contributed by atoms with Gasteiger partial charge < -0.3 is 30.4 Å². The van der Waals surface area contributed by atoms with Crippen molar-refractivity contribution in [3.8, 4) is 11.5 Å². The number of benzene rings is 1. The number of phenolic OH excluding ortho intramolecular Hbond substituents is 2. The van der Waals surface area contributed by atoms with E-state index in [1.165, 1.54) is 30.0 Å². The van der Waals surface area contributed by atoms with E-state index < -0.39 is 30.3 Å². The molecule has 2 heterocycles. The summed E-state index contributed by atoms with van der Waals surface area (Å²) in [6, 6.07) is 2.28. The molecular weight excluding hydrogens is 469 g/mol. The fourth-order valence-corrected chi connectivity index (χ4v) is 5.94. The summed E-state index contributed by atoms with van der Waals surface area (Å²) in [7, 11) is 0. The van der Waals surface area contributed by atoms with E-state index >= 15 is 0 Å². The van der Waals surface area contributed by atoms with Gasteiger partial charge in [-0.3, -0.25) is 14.4 Å². The lowest BCUT2D eigenvalue weighted by Gasteiger charge is -2.38. The van der Waals surface area contributed by atoms with Crippen LogP contribution in [0.1, 0.15) is 57.4 Å². The average Bonchev–Trinajstić information content (AvgIpc) is 3.24. The van der Waals surface area contributed by atoms with Gasteiger partial charge in [0.15, 0.2) is 11.5 Å². The summed E-state index contributed by atoms with van der Waals surface area (Å²) in [6.45, 7) is 2.08. The number of aromatic hydroxyl groups is 2. The lowest BCUT2D eigenvalue weighted by Crippen LogP contribution is -2.57. The minimum absolute atomic E-state index is 0.0536. The first-order chi connectivity index (χ1) is 17.2. The number of alkyl halides is 1. The van der Waals surface area contributed by atoms with E-state index in [0.29, 0.717) is 31.4 Å². The zero-order valence-electron chi connectivity index (χ0n) is 20.6. The Kier molecular flexibility index (Phi) is 8.02. The molecule has 9 nitrogen and oxygen atoms in total. The van der Waals surface area contributed by atoms with E-state index in [4.69, 9.17) is 0 Å². The van der Waals surface area contributed by atoms with Crippen LogP contribution in [0.2, 0.25) is 0 Å². The smallest absolute Gasteiger partial charge is 0.249 e. The Morgan fingerprint density at radius 2 is 1.86 bits per heavy atom. The number of nitrogens with one attached hydrogen (secondary N) is 1. The van der Waals surface area contributed by atoms with Gasteiger partial charge in [-0.2, -0.15) is 0 Å². The number of nitrogens with zero attached hydrogens (tertiary/aromatic N) is 2. The van der Waals surface area contributed by atoms with Gasteiger partial charge in [-0.1, -0.05) is 18.9 Å². The van der Waals surface area contributed by atoms with E-state index in [1.54, 1.807) is 4.90 Å². The molecule has 1 saturated carbocycles. The summed E-state index contributed by atoms with van der Waals surface area (Å²) in [5.41, 5.74) is 0.440. The number of phenols is 2. The number of carbonyl (C=O) groups excluding carboxylic acids is 3. The molecule has 1 aromatic carbocycles. The minimum Gasteiger partial charge on any atom is -0.504 e. The van der Waals surface area contributed by atoms with Gasteiger partial charge in [0, 0.05) is 19.0 Å². The molecule has 4 N–H and O–H groups in total. The highest BCUT2D eigenvalue weighted by Crippen LogP contribution is 2.41. The molecule has 1 aromatic rings. The van der Waals surface area contributed by atoms with Crippen LogP contribution in [0.4, 0.5) is 4.39 Å². The summed E-state index contributed by atoms with van der Waals surface area (Å²) >= 11 is 0. The average molecular weight is 506 g/mol. The van der Waals surface area contributed by atoms with Crippen molar-refractivity contribution in [3.63, 3.8) is 0 Å². The Morgan fingerprint density at radius 1 is 1.11 bits per heavy atom. The molecule has 3 aliphatic rings. The maximum Gasteiger partial charge on any atom is 0.249 e. The quantitative estimate of drug-likeness (QED) is 0.435. The first-order valence-electron chi connectivity index (χ1n) is 12.9. The lowest BCUT2D eigenvalue weighted by molar-refractivity contribution is -0.148. The van der Waals surface area contributed by atoms with E-state index in [0.717, 1.165) is 25.7 Å². The molecule has 3 fully saturated rings. The number of piperidine rings is 1. The van der Waals surface area contributed by atoms with Gasteiger partial charge >= 0.3 is 0 Å². The van der Waals surface area contributed by atoms with Crippen LogP contribution < -0.4 is 5.32 Å². The predicted molar refractivity (Wildman–Crippen MR) is 129 cm³/mol. The Morgan fingerprint density at radius 3 is 2.58 bits per heavy atom. The molecular formula is C26H36FN3O6. The van der Waals surface area contributed by atoms with E-state index in [1.807, 2.05) is 0 Å². The van der Waals surface area contributed by atoms with Gasteiger partial charge in [0.1, 0.15) is 24.4 Å². The molecule has 198 valence electrons. The fourth-order valence-electron chi connectivity index (χ4n) is 5.94. The van der Waals surface area contributed by atoms with Gasteiger partial charge in [-0.05, 0) is 62.6 Å². The topological polar surface area (TPSA) is 130 Å². The maximum atomic E-state index is 14.0. The van der Waals surface area contributed by atoms with Gasteiger partial charge in [0.2, 0.25) is 17.7 Å². The lowest BCUT2D eigenvalue weighted by atomic mass is 9.84. The maximum absolute atomic E-state index is 14.0. The van der Waals surface area contributed by atoms with Gasteiger partial charge in [0.25, 0.3) is 0 Å². The highest BCUT2D eigenvalue weighted by Gasteiger charge is 2.49. The number of aliphatic hydroxyl groups is 1. The van der Waals surface area contributed by atoms with E-state index in [-0.39, 0.29) is 48.2 Å². The molecule has 1 aliphatic carbocycles. The number of fused-ring (bicyclic) bond motifs is 1. The Bertz CT molecular complexity index is 990. The molecule has 6 unspecified atom stereocenters. The first-order valence-corrected chi connectivity index (χ1v) is 12.9. The number of likely N-dealkylation sites (tertiary alicyclic amines) is 2. The van der Waals surface area contributed by atoms with Crippen molar-refractivity contribution in [1.29, 1.82) is 0 Å². The summed E-state index contributed by atoms with van der Waals surface area (Å²) < 4.78 is 14.0. The molecule has 2 saturated heterocycles. The van der Waals surface area contributed by atoms with Crippen molar-refractivity contribution in [2.24, 2.45) is 5.92 Å².